The lowest BCUT2D eigenvalue weighted by atomic mass is 9.87. The lowest BCUT2D eigenvalue weighted by molar-refractivity contribution is -0.170. The van der Waals surface area contributed by atoms with Gasteiger partial charge in [0, 0.05) is 19.8 Å². The van der Waals surface area contributed by atoms with Crippen LogP contribution in [0.25, 0.3) is 0 Å². The van der Waals surface area contributed by atoms with Crippen LogP contribution < -0.4 is 5.32 Å². The van der Waals surface area contributed by atoms with E-state index in [1.165, 1.54) is 14.0 Å². The van der Waals surface area contributed by atoms with Crippen molar-refractivity contribution in [3.05, 3.63) is 0 Å². The highest BCUT2D eigenvalue weighted by Crippen LogP contribution is 2.24. The zero-order chi connectivity index (χ0) is 20.9. The molecule has 1 rings (SSSR count). The van der Waals surface area contributed by atoms with Crippen LogP contribution in [0.2, 0.25) is 0 Å². The summed E-state index contributed by atoms with van der Waals surface area (Å²) in [6, 6.07) is 0. The monoisotopic (exact) mass is 501 g/mol. The maximum absolute atomic E-state index is 11.0. The van der Waals surface area contributed by atoms with E-state index in [-0.39, 0.29) is 53.7 Å². The quantitative estimate of drug-likeness (QED) is 0.260. The van der Waals surface area contributed by atoms with Crippen LogP contribution in [0.3, 0.4) is 0 Å². The Balaban J connectivity index is -0.000000338. The summed E-state index contributed by atoms with van der Waals surface area (Å²) in [5.41, 5.74) is 0. The maximum atomic E-state index is 11.0. The van der Waals surface area contributed by atoms with Gasteiger partial charge in [-0.1, -0.05) is 41.5 Å². The van der Waals surface area contributed by atoms with Gasteiger partial charge < -0.3 is 19.6 Å². The summed E-state index contributed by atoms with van der Waals surface area (Å²) < 4.78 is 9.28. The predicted molar refractivity (Wildman–Crippen MR) is 114 cm³/mol. The van der Waals surface area contributed by atoms with Crippen molar-refractivity contribution in [2.75, 3.05) is 7.11 Å². The average molecular weight is 501 g/mol. The fourth-order valence-electron chi connectivity index (χ4n) is 1.91. The molecule has 0 aromatic carbocycles. The number of hydrogen-bond acceptors (Lipinski definition) is 6. The van der Waals surface area contributed by atoms with E-state index in [9.17, 15) is 19.2 Å². The van der Waals surface area contributed by atoms with E-state index in [4.69, 9.17) is 4.74 Å². The Kier molecular flexibility index (Phi) is 19.2. The van der Waals surface area contributed by atoms with Crippen LogP contribution in [0.5, 0.6) is 0 Å². The number of aldehydes is 1. The summed E-state index contributed by atoms with van der Waals surface area (Å²) in [5, 5.41) is 2.52. The molecule has 0 unspecified atom stereocenters. The molecule has 0 spiro atoms. The molecule has 7 nitrogen and oxygen atoms in total. The van der Waals surface area contributed by atoms with Crippen molar-refractivity contribution in [1.29, 1.82) is 0 Å². The Morgan fingerprint density at radius 3 is 1.81 bits per heavy atom. The van der Waals surface area contributed by atoms with Crippen molar-refractivity contribution in [3.8, 4) is 0 Å². The highest BCUT2D eigenvalue weighted by Gasteiger charge is 2.43. The molecule has 0 aromatic heterocycles. The van der Waals surface area contributed by atoms with Crippen molar-refractivity contribution in [2.45, 2.75) is 67.5 Å². The Morgan fingerprint density at radius 2 is 1.63 bits per heavy atom. The normalized spacial score (nSPS) is 17.2. The molecular formula is C19H36INO6. The van der Waals surface area contributed by atoms with Gasteiger partial charge in [0.15, 0.2) is 6.23 Å². The number of ether oxygens (including phenoxy) is 2. The number of rotatable bonds is 6. The summed E-state index contributed by atoms with van der Waals surface area (Å²) in [7, 11) is 1.41. The molecule has 1 fully saturated rings. The highest BCUT2D eigenvalue weighted by molar-refractivity contribution is 14.0. The molecule has 1 aliphatic rings. The molecule has 0 aliphatic carbocycles. The van der Waals surface area contributed by atoms with Crippen LogP contribution in [-0.2, 0) is 28.7 Å². The van der Waals surface area contributed by atoms with Crippen molar-refractivity contribution in [1.82, 2.24) is 5.32 Å². The Bertz CT molecular complexity index is 451. The summed E-state index contributed by atoms with van der Waals surface area (Å²) in [5.74, 6) is 0.462. The Hall–Kier alpha value is -1.19. The maximum Gasteiger partial charge on any atom is 0.305 e. The second kappa shape index (κ2) is 16.9. The molecule has 1 saturated heterocycles. The molecule has 1 N–H and O–H groups in total. The minimum absolute atomic E-state index is 0. The van der Waals surface area contributed by atoms with Gasteiger partial charge >= 0.3 is 11.9 Å². The molecule has 8 heteroatoms. The van der Waals surface area contributed by atoms with Crippen LogP contribution in [0.4, 0.5) is 0 Å². The standard InChI is InChI=1S/C8H13NO3.C6H12O2.C5H10O.HI/c1-4(2)6-7(11)9-8(6)12-5(3)10;1-5(2)4-6(7)8-3;1-5(2)3-4-6;/h4,6,8H,1-3H3,(H,9,11);5H,4H2,1-3H3;4-5H,3H2,1-2H3;1H/t6-,8+;;;/m0.../s1. The van der Waals surface area contributed by atoms with Crippen LogP contribution in [0, 0.1) is 23.7 Å². The molecule has 1 heterocycles. The zero-order valence-corrected chi connectivity index (χ0v) is 20.1. The molecule has 1 aliphatic heterocycles. The molecule has 0 bridgehead atoms. The number of methoxy groups -OCH3 is 1. The van der Waals surface area contributed by atoms with Crippen molar-refractivity contribution in [2.24, 2.45) is 23.7 Å². The molecule has 27 heavy (non-hydrogen) atoms. The molecular weight excluding hydrogens is 465 g/mol. The molecule has 0 saturated carbocycles. The fourth-order valence-corrected chi connectivity index (χ4v) is 1.91. The predicted octanol–water partition coefficient (Wildman–Crippen LogP) is 3.33. The van der Waals surface area contributed by atoms with E-state index in [1.807, 2.05) is 41.5 Å². The van der Waals surface area contributed by atoms with E-state index in [0.717, 1.165) is 6.29 Å². The molecule has 160 valence electrons. The zero-order valence-electron chi connectivity index (χ0n) is 17.7. The first-order chi connectivity index (χ1) is 12.0. The van der Waals surface area contributed by atoms with Gasteiger partial charge in [0.25, 0.3) is 0 Å². The van der Waals surface area contributed by atoms with Gasteiger partial charge in [-0.25, -0.2) is 0 Å². The van der Waals surface area contributed by atoms with Gasteiger partial charge in [0.05, 0.1) is 13.0 Å². The Labute approximate surface area is 180 Å². The fraction of sp³-hybridized carbons (Fsp3) is 0.789. The van der Waals surface area contributed by atoms with Crippen LogP contribution in [0.15, 0.2) is 0 Å². The van der Waals surface area contributed by atoms with Gasteiger partial charge in [-0.15, -0.1) is 24.0 Å². The minimum Gasteiger partial charge on any atom is -0.469 e. The van der Waals surface area contributed by atoms with Crippen molar-refractivity contribution in [3.63, 3.8) is 0 Å². The topological polar surface area (TPSA) is 98.8 Å². The largest absolute Gasteiger partial charge is 0.469 e. The number of carbonyl (C=O) groups excluding carboxylic acids is 4. The van der Waals surface area contributed by atoms with Gasteiger partial charge in [-0.05, 0) is 17.8 Å². The van der Waals surface area contributed by atoms with Gasteiger partial charge in [-0.2, -0.15) is 0 Å². The molecule has 1 amide bonds. The summed E-state index contributed by atoms with van der Waals surface area (Å²) in [6.45, 7) is 13.2. The van der Waals surface area contributed by atoms with E-state index >= 15 is 0 Å². The number of nitrogens with one attached hydrogen (secondary N) is 1. The van der Waals surface area contributed by atoms with Crippen LogP contribution in [-0.4, -0.2) is 37.5 Å². The first kappa shape index (κ1) is 30.5. The number of β-lactam (4-membered cyclic amide) rings is 1. The second-order valence-corrected chi connectivity index (χ2v) is 7.28. The van der Waals surface area contributed by atoms with E-state index in [0.29, 0.717) is 24.7 Å². The van der Waals surface area contributed by atoms with Gasteiger partial charge in [0.1, 0.15) is 6.29 Å². The third-order valence-corrected chi connectivity index (χ3v) is 3.29. The summed E-state index contributed by atoms with van der Waals surface area (Å²) in [6.07, 6.45) is 1.76. The number of amides is 1. The Morgan fingerprint density at radius 1 is 1.11 bits per heavy atom. The van der Waals surface area contributed by atoms with E-state index < -0.39 is 6.23 Å². The number of halogens is 1. The third kappa shape index (κ3) is 16.7. The van der Waals surface area contributed by atoms with Crippen LogP contribution >= 0.6 is 24.0 Å². The smallest absolute Gasteiger partial charge is 0.305 e. The minimum atomic E-state index is -0.407. The highest BCUT2D eigenvalue weighted by atomic mass is 127. The third-order valence-electron chi connectivity index (χ3n) is 3.29. The molecule has 0 aromatic rings. The summed E-state index contributed by atoms with van der Waals surface area (Å²) in [4.78, 5) is 41.5. The van der Waals surface area contributed by atoms with E-state index in [1.54, 1.807) is 0 Å². The van der Waals surface area contributed by atoms with Crippen molar-refractivity contribution < 1.29 is 28.7 Å². The van der Waals surface area contributed by atoms with Crippen molar-refractivity contribution >= 4 is 48.1 Å². The van der Waals surface area contributed by atoms with Crippen LogP contribution in [0.1, 0.15) is 61.3 Å². The molecule has 2 atom stereocenters. The lowest BCUT2D eigenvalue weighted by Gasteiger charge is -2.37. The first-order valence-electron chi connectivity index (χ1n) is 8.94. The first-order valence-corrected chi connectivity index (χ1v) is 8.94. The van der Waals surface area contributed by atoms with E-state index in [2.05, 4.69) is 10.1 Å². The molecule has 0 radical (unpaired) electrons. The second-order valence-electron chi connectivity index (χ2n) is 7.28. The summed E-state index contributed by atoms with van der Waals surface area (Å²) >= 11 is 0. The number of hydrogen-bond donors (Lipinski definition) is 1. The van der Waals surface area contributed by atoms with Gasteiger partial charge in [-0.3, -0.25) is 14.4 Å². The average Bonchev–Trinajstić information content (AvgIpc) is 2.45. The van der Waals surface area contributed by atoms with Gasteiger partial charge in [0.2, 0.25) is 5.91 Å². The SMILES string of the molecule is CC(=O)O[C@H]1NC(=O)[C@@H]1C(C)C.CC(C)CC=O.COC(=O)CC(C)C.I. The lowest BCUT2D eigenvalue weighted by Crippen LogP contribution is -2.61. The number of esters is 2. The number of carbonyl (C=O) groups is 4.